The Morgan fingerprint density at radius 3 is 2.95 bits per heavy atom. The number of halogens is 1. The molecule has 1 saturated heterocycles. The highest BCUT2D eigenvalue weighted by atomic mass is 35.5. The molecule has 1 fully saturated rings. The van der Waals surface area contributed by atoms with Crippen molar-refractivity contribution in [3.8, 4) is 5.75 Å². The summed E-state index contributed by atoms with van der Waals surface area (Å²) in [7, 11) is 1.62. The van der Waals surface area contributed by atoms with Crippen molar-refractivity contribution in [2.24, 2.45) is 5.73 Å². The molecular weight excluding hydrogens is 280 g/mol. The van der Waals surface area contributed by atoms with Gasteiger partial charge in [0.05, 0.1) is 13.2 Å². The lowest BCUT2D eigenvalue weighted by atomic mass is 10.1. The Morgan fingerprint density at radius 2 is 2.30 bits per heavy atom. The molecule has 0 aromatic heterocycles. The quantitative estimate of drug-likeness (QED) is 0.858. The SMILES string of the molecule is COc1cccc(CNC(=O)[C@@H]2CC[C@H](CN)O2)c1.Cl. The number of nitrogens with one attached hydrogen (secondary N) is 1. The van der Waals surface area contributed by atoms with Gasteiger partial charge < -0.3 is 20.5 Å². The monoisotopic (exact) mass is 300 g/mol. The maximum absolute atomic E-state index is 11.9. The van der Waals surface area contributed by atoms with Crippen LogP contribution in [0.1, 0.15) is 18.4 Å². The summed E-state index contributed by atoms with van der Waals surface area (Å²) in [6, 6.07) is 7.62. The minimum Gasteiger partial charge on any atom is -0.497 e. The molecule has 1 aromatic carbocycles. The summed E-state index contributed by atoms with van der Waals surface area (Å²) in [5, 5.41) is 2.88. The fraction of sp³-hybridized carbons (Fsp3) is 0.500. The summed E-state index contributed by atoms with van der Waals surface area (Å²) in [6.07, 6.45) is 1.26. The smallest absolute Gasteiger partial charge is 0.249 e. The third-order valence-electron chi connectivity index (χ3n) is 3.26. The second-order valence-electron chi connectivity index (χ2n) is 4.63. The average Bonchev–Trinajstić information content (AvgIpc) is 2.94. The summed E-state index contributed by atoms with van der Waals surface area (Å²) >= 11 is 0. The Kier molecular flexibility index (Phi) is 6.78. The van der Waals surface area contributed by atoms with E-state index in [9.17, 15) is 4.79 Å². The van der Waals surface area contributed by atoms with Crippen LogP contribution in [-0.2, 0) is 16.1 Å². The van der Waals surface area contributed by atoms with E-state index in [1.54, 1.807) is 7.11 Å². The van der Waals surface area contributed by atoms with E-state index < -0.39 is 0 Å². The normalized spacial score (nSPS) is 21.1. The van der Waals surface area contributed by atoms with Crippen molar-refractivity contribution in [2.75, 3.05) is 13.7 Å². The van der Waals surface area contributed by atoms with Crippen LogP contribution < -0.4 is 15.8 Å². The van der Waals surface area contributed by atoms with Gasteiger partial charge >= 0.3 is 0 Å². The highest BCUT2D eigenvalue weighted by Crippen LogP contribution is 2.19. The van der Waals surface area contributed by atoms with Gasteiger partial charge in [-0.3, -0.25) is 4.79 Å². The number of carbonyl (C=O) groups excluding carboxylic acids is 1. The van der Waals surface area contributed by atoms with Crippen LogP contribution in [0.15, 0.2) is 24.3 Å². The number of amides is 1. The van der Waals surface area contributed by atoms with Crippen LogP contribution in [0.25, 0.3) is 0 Å². The van der Waals surface area contributed by atoms with E-state index in [-0.39, 0.29) is 30.5 Å². The summed E-state index contributed by atoms with van der Waals surface area (Å²) < 4.78 is 10.7. The van der Waals surface area contributed by atoms with Gasteiger partial charge in [0.15, 0.2) is 0 Å². The fourth-order valence-corrected chi connectivity index (χ4v) is 2.16. The van der Waals surface area contributed by atoms with Gasteiger partial charge in [0.1, 0.15) is 11.9 Å². The second-order valence-corrected chi connectivity index (χ2v) is 4.63. The highest BCUT2D eigenvalue weighted by Gasteiger charge is 2.29. The molecule has 2 atom stereocenters. The number of benzene rings is 1. The van der Waals surface area contributed by atoms with Crippen molar-refractivity contribution in [2.45, 2.75) is 31.6 Å². The Balaban J connectivity index is 0.00000200. The first kappa shape index (κ1) is 16.8. The van der Waals surface area contributed by atoms with Crippen molar-refractivity contribution in [3.63, 3.8) is 0 Å². The van der Waals surface area contributed by atoms with Gasteiger partial charge in [-0.15, -0.1) is 12.4 Å². The molecular formula is C14H21ClN2O3. The molecule has 6 heteroatoms. The van der Waals surface area contributed by atoms with Crippen molar-refractivity contribution in [1.82, 2.24) is 5.32 Å². The zero-order valence-corrected chi connectivity index (χ0v) is 12.3. The van der Waals surface area contributed by atoms with E-state index in [2.05, 4.69) is 5.32 Å². The van der Waals surface area contributed by atoms with Crippen molar-refractivity contribution < 1.29 is 14.3 Å². The summed E-state index contributed by atoms with van der Waals surface area (Å²) in [4.78, 5) is 11.9. The number of ether oxygens (including phenoxy) is 2. The second kappa shape index (κ2) is 8.09. The molecule has 1 aromatic rings. The lowest BCUT2D eigenvalue weighted by molar-refractivity contribution is -0.132. The molecule has 0 aliphatic carbocycles. The van der Waals surface area contributed by atoms with Gasteiger partial charge in [-0.1, -0.05) is 12.1 Å². The zero-order chi connectivity index (χ0) is 13.7. The molecule has 0 spiro atoms. The van der Waals surface area contributed by atoms with Gasteiger partial charge in [-0.05, 0) is 30.5 Å². The van der Waals surface area contributed by atoms with E-state index >= 15 is 0 Å². The molecule has 1 amide bonds. The number of carbonyl (C=O) groups is 1. The molecule has 0 saturated carbocycles. The lowest BCUT2D eigenvalue weighted by Gasteiger charge is -2.13. The third kappa shape index (κ3) is 4.37. The Bertz CT molecular complexity index is 442. The van der Waals surface area contributed by atoms with E-state index in [0.29, 0.717) is 13.1 Å². The molecule has 0 unspecified atom stereocenters. The lowest BCUT2D eigenvalue weighted by Crippen LogP contribution is -2.35. The van der Waals surface area contributed by atoms with Crippen molar-refractivity contribution in [3.05, 3.63) is 29.8 Å². The number of rotatable bonds is 5. The standard InChI is InChI=1S/C14H20N2O3.ClH/c1-18-11-4-2-3-10(7-11)9-16-14(17)13-6-5-12(8-15)19-13;/h2-4,7,12-13H,5-6,8-9,15H2,1H3,(H,16,17);1H/t12-,13+;/m1./s1. The number of nitrogens with two attached hydrogens (primary N) is 1. The number of hydrogen-bond acceptors (Lipinski definition) is 4. The molecule has 5 nitrogen and oxygen atoms in total. The average molecular weight is 301 g/mol. The van der Waals surface area contributed by atoms with E-state index in [4.69, 9.17) is 15.2 Å². The van der Waals surface area contributed by atoms with Crippen LogP contribution in [0.2, 0.25) is 0 Å². The molecule has 112 valence electrons. The van der Waals surface area contributed by atoms with Crippen molar-refractivity contribution in [1.29, 1.82) is 0 Å². The first-order valence-electron chi connectivity index (χ1n) is 6.49. The largest absolute Gasteiger partial charge is 0.497 e. The predicted octanol–water partition coefficient (Wildman–Crippen LogP) is 1.24. The van der Waals surface area contributed by atoms with E-state index in [1.165, 1.54) is 0 Å². The van der Waals surface area contributed by atoms with Gasteiger partial charge in [0, 0.05) is 13.1 Å². The van der Waals surface area contributed by atoms with Crippen molar-refractivity contribution >= 4 is 18.3 Å². The molecule has 1 heterocycles. The Hall–Kier alpha value is -1.30. The van der Waals surface area contributed by atoms with Crippen LogP contribution in [0.4, 0.5) is 0 Å². The van der Waals surface area contributed by atoms with Crippen LogP contribution in [0.5, 0.6) is 5.75 Å². The van der Waals surface area contributed by atoms with Crippen LogP contribution in [0.3, 0.4) is 0 Å². The maximum Gasteiger partial charge on any atom is 0.249 e. The Morgan fingerprint density at radius 1 is 1.50 bits per heavy atom. The molecule has 3 N–H and O–H groups in total. The number of methoxy groups -OCH3 is 1. The van der Waals surface area contributed by atoms with Crippen LogP contribution in [0, 0.1) is 0 Å². The van der Waals surface area contributed by atoms with Crippen LogP contribution in [-0.4, -0.2) is 31.8 Å². The summed E-state index contributed by atoms with van der Waals surface area (Å²) in [5.74, 6) is 0.714. The maximum atomic E-state index is 11.9. The zero-order valence-electron chi connectivity index (χ0n) is 11.5. The van der Waals surface area contributed by atoms with E-state index in [1.807, 2.05) is 24.3 Å². The minimum atomic E-state index is -0.362. The molecule has 1 aliphatic rings. The van der Waals surface area contributed by atoms with Gasteiger partial charge in [-0.2, -0.15) is 0 Å². The third-order valence-corrected chi connectivity index (χ3v) is 3.26. The van der Waals surface area contributed by atoms with E-state index in [0.717, 1.165) is 24.2 Å². The van der Waals surface area contributed by atoms with Crippen LogP contribution >= 0.6 is 12.4 Å². The van der Waals surface area contributed by atoms with Gasteiger partial charge in [0.25, 0.3) is 0 Å². The fourth-order valence-electron chi connectivity index (χ4n) is 2.16. The molecule has 20 heavy (non-hydrogen) atoms. The summed E-state index contributed by atoms with van der Waals surface area (Å²) in [6.45, 7) is 0.947. The number of hydrogen-bond donors (Lipinski definition) is 2. The molecule has 0 bridgehead atoms. The molecule has 0 radical (unpaired) electrons. The predicted molar refractivity (Wildman–Crippen MR) is 79.0 cm³/mol. The first-order chi connectivity index (χ1) is 9.22. The topological polar surface area (TPSA) is 73.6 Å². The molecule has 2 rings (SSSR count). The molecule has 1 aliphatic heterocycles. The van der Waals surface area contributed by atoms with Gasteiger partial charge in [0.2, 0.25) is 5.91 Å². The minimum absolute atomic E-state index is 0. The summed E-state index contributed by atoms with van der Waals surface area (Å²) in [5.41, 5.74) is 6.52. The first-order valence-corrected chi connectivity index (χ1v) is 6.49. The highest BCUT2D eigenvalue weighted by molar-refractivity contribution is 5.85. The van der Waals surface area contributed by atoms with Gasteiger partial charge in [-0.25, -0.2) is 0 Å². The Labute approximate surface area is 125 Å².